The molecule has 1 unspecified atom stereocenters. The summed E-state index contributed by atoms with van der Waals surface area (Å²) < 4.78 is 38.6. The smallest absolute Gasteiger partial charge is 0.243 e. The number of hydrogen-bond acceptors (Lipinski definition) is 6. The number of aliphatic imine (C=N–C) groups is 1. The lowest BCUT2D eigenvalue weighted by atomic mass is 9.97. The van der Waals surface area contributed by atoms with Crippen LogP contribution in [0.3, 0.4) is 0 Å². The average molecular weight is 445 g/mol. The van der Waals surface area contributed by atoms with Crippen LogP contribution < -0.4 is 15.4 Å². The molecule has 1 spiro atoms. The van der Waals surface area contributed by atoms with Crippen molar-refractivity contribution in [3.8, 4) is 5.75 Å². The summed E-state index contributed by atoms with van der Waals surface area (Å²) in [6, 6.07) is 14.6. The Bertz CT molecular complexity index is 1070. The lowest BCUT2D eigenvalue weighted by Crippen LogP contribution is -2.55. The van der Waals surface area contributed by atoms with E-state index in [1.165, 1.54) is 11.4 Å². The van der Waals surface area contributed by atoms with E-state index in [4.69, 9.17) is 14.5 Å². The van der Waals surface area contributed by atoms with Gasteiger partial charge in [-0.15, -0.1) is 0 Å². The average Bonchev–Trinajstić information content (AvgIpc) is 3.17. The second-order valence-electron chi connectivity index (χ2n) is 7.71. The van der Waals surface area contributed by atoms with Gasteiger partial charge < -0.3 is 14.8 Å². The number of amidine groups is 1. The van der Waals surface area contributed by atoms with E-state index in [1.54, 1.807) is 31.4 Å². The Labute approximate surface area is 183 Å². The van der Waals surface area contributed by atoms with Crippen LogP contribution in [0.2, 0.25) is 0 Å². The second-order valence-corrected chi connectivity index (χ2v) is 9.65. The molecule has 0 aliphatic carbocycles. The van der Waals surface area contributed by atoms with Crippen molar-refractivity contribution in [2.75, 3.05) is 45.8 Å². The highest BCUT2D eigenvalue weighted by Gasteiger charge is 2.47. The predicted molar refractivity (Wildman–Crippen MR) is 120 cm³/mol. The van der Waals surface area contributed by atoms with Crippen molar-refractivity contribution in [3.63, 3.8) is 0 Å². The molecule has 9 heteroatoms. The van der Waals surface area contributed by atoms with E-state index in [2.05, 4.69) is 16.7 Å². The molecular weight excluding hydrogens is 416 g/mol. The Morgan fingerprint density at radius 3 is 2.81 bits per heavy atom. The zero-order chi connectivity index (χ0) is 21.9. The number of methoxy groups -OCH3 is 2. The SMILES string of the molecule is COCCN=C1Nc2ccccc2CNC12CCN(S(=O)(=O)c1cccc(OC)c1)C2. The van der Waals surface area contributed by atoms with Gasteiger partial charge in [-0.25, -0.2) is 8.42 Å². The van der Waals surface area contributed by atoms with E-state index in [0.717, 1.165) is 17.1 Å². The summed E-state index contributed by atoms with van der Waals surface area (Å²) >= 11 is 0. The van der Waals surface area contributed by atoms with Gasteiger partial charge in [-0.1, -0.05) is 24.3 Å². The molecule has 0 bridgehead atoms. The standard InChI is InChI=1S/C22H28N4O4S/c1-29-13-11-23-21-22(24-15-17-6-3-4-9-20(17)25-21)10-12-26(16-22)31(27,28)19-8-5-7-18(14-19)30-2/h3-9,14,24H,10-13,15-16H2,1-2H3,(H,23,25). The number of para-hydroxylation sites is 1. The molecule has 0 radical (unpaired) electrons. The summed E-state index contributed by atoms with van der Waals surface area (Å²) in [5.41, 5.74) is 1.50. The summed E-state index contributed by atoms with van der Waals surface area (Å²) in [5.74, 6) is 1.26. The Morgan fingerprint density at radius 1 is 1.16 bits per heavy atom. The van der Waals surface area contributed by atoms with Gasteiger partial charge in [-0.3, -0.25) is 10.3 Å². The van der Waals surface area contributed by atoms with Crippen LogP contribution in [0.5, 0.6) is 5.75 Å². The third-order valence-electron chi connectivity index (χ3n) is 5.82. The van der Waals surface area contributed by atoms with Crippen LogP contribution in [0.25, 0.3) is 0 Å². The van der Waals surface area contributed by atoms with E-state index in [1.807, 2.05) is 18.2 Å². The molecule has 166 valence electrons. The molecule has 2 heterocycles. The van der Waals surface area contributed by atoms with Crippen molar-refractivity contribution >= 4 is 21.5 Å². The minimum atomic E-state index is -3.67. The minimum absolute atomic E-state index is 0.228. The van der Waals surface area contributed by atoms with E-state index < -0.39 is 15.6 Å². The van der Waals surface area contributed by atoms with Crippen LogP contribution in [-0.2, 0) is 21.3 Å². The zero-order valence-electron chi connectivity index (χ0n) is 17.8. The third kappa shape index (κ3) is 4.31. The minimum Gasteiger partial charge on any atom is -0.497 e. The number of nitrogens with zero attached hydrogens (tertiary/aromatic N) is 2. The highest BCUT2D eigenvalue weighted by molar-refractivity contribution is 7.89. The Kier molecular flexibility index (Phi) is 6.29. The predicted octanol–water partition coefficient (Wildman–Crippen LogP) is 2.09. The first-order valence-electron chi connectivity index (χ1n) is 10.3. The molecule has 2 N–H and O–H groups in total. The van der Waals surface area contributed by atoms with Crippen LogP contribution in [0.1, 0.15) is 12.0 Å². The Balaban J connectivity index is 1.65. The molecule has 31 heavy (non-hydrogen) atoms. The largest absolute Gasteiger partial charge is 0.497 e. The quantitative estimate of drug-likeness (QED) is 0.663. The molecular formula is C22H28N4O4S. The fourth-order valence-corrected chi connectivity index (χ4v) is 5.60. The van der Waals surface area contributed by atoms with Crippen LogP contribution in [0, 0.1) is 0 Å². The van der Waals surface area contributed by atoms with Gasteiger partial charge >= 0.3 is 0 Å². The maximum atomic E-state index is 13.4. The van der Waals surface area contributed by atoms with Crippen molar-refractivity contribution in [2.45, 2.75) is 23.4 Å². The number of hydrogen-bond donors (Lipinski definition) is 2. The van der Waals surface area contributed by atoms with Gasteiger partial charge in [0.05, 0.1) is 30.7 Å². The topological polar surface area (TPSA) is 92.3 Å². The van der Waals surface area contributed by atoms with Gasteiger partial charge in [-0.2, -0.15) is 4.31 Å². The Hall–Kier alpha value is -2.46. The van der Waals surface area contributed by atoms with Crippen LogP contribution in [0.15, 0.2) is 58.4 Å². The first-order chi connectivity index (χ1) is 15.0. The van der Waals surface area contributed by atoms with E-state index in [9.17, 15) is 8.42 Å². The van der Waals surface area contributed by atoms with Gasteiger partial charge in [0.1, 0.15) is 11.6 Å². The first-order valence-corrected chi connectivity index (χ1v) is 11.7. The fraction of sp³-hybridized carbons (Fsp3) is 0.409. The van der Waals surface area contributed by atoms with Crippen molar-refractivity contribution < 1.29 is 17.9 Å². The van der Waals surface area contributed by atoms with Gasteiger partial charge in [0.2, 0.25) is 10.0 Å². The molecule has 1 fully saturated rings. The van der Waals surface area contributed by atoms with E-state index >= 15 is 0 Å². The summed E-state index contributed by atoms with van der Waals surface area (Å²) in [6.07, 6.45) is 0.614. The van der Waals surface area contributed by atoms with Crippen LogP contribution >= 0.6 is 0 Å². The molecule has 2 aliphatic rings. The normalized spacial score (nSPS) is 22.8. The number of nitrogens with one attached hydrogen (secondary N) is 2. The van der Waals surface area contributed by atoms with Crippen molar-refractivity contribution in [2.24, 2.45) is 4.99 Å². The van der Waals surface area contributed by atoms with Gasteiger partial charge in [0.25, 0.3) is 0 Å². The maximum absolute atomic E-state index is 13.4. The maximum Gasteiger partial charge on any atom is 0.243 e. The highest BCUT2D eigenvalue weighted by Crippen LogP contribution is 2.33. The fourth-order valence-electron chi connectivity index (χ4n) is 4.06. The molecule has 1 saturated heterocycles. The summed E-state index contributed by atoms with van der Waals surface area (Å²) in [7, 11) is -0.502. The molecule has 4 rings (SSSR count). The van der Waals surface area contributed by atoms with E-state index in [-0.39, 0.29) is 4.90 Å². The number of fused-ring (bicyclic) bond motifs is 1. The van der Waals surface area contributed by atoms with Gasteiger partial charge in [-0.05, 0) is 30.2 Å². The molecule has 0 amide bonds. The van der Waals surface area contributed by atoms with Crippen LogP contribution in [0.4, 0.5) is 5.69 Å². The lowest BCUT2D eigenvalue weighted by Gasteiger charge is -2.30. The molecule has 2 aromatic carbocycles. The molecule has 0 saturated carbocycles. The van der Waals surface area contributed by atoms with Crippen molar-refractivity contribution in [1.82, 2.24) is 9.62 Å². The van der Waals surface area contributed by atoms with Gasteiger partial charge in [0, 0.05) is 38.5 Å². The van der Waals surface area contributed by atoms with Crippen LogP contribution in [-0.4, -0.2) is 64.6 Å². The lowest BCUT2D eigenvalue weighted by molar-refractivity contribution is 0.207. The first kappa shape index (κ1) is 21.8. The van der Waals surface area contributed by atoms with Crippen molar-refractivity contribution in [3.05, 3.63) is 54.1 Å². The Morgan fingerprint density at radius 2 is 2.00 bits per heavy atom. The molecule has 1 atom stereocenters. The summed E-state index contributed by atoms with van der Waals surface area (Å²) in [6.45, 7) is 2.30. The monoisotopic (exact) mass is 444 g/mol. The summed E-state index contributed by atoms with van der Waals surface area (Å²) in [4.78, 5) is 4.99. The van der Waals surface area contributed by atoms with E-state index in [0.29, 0.717) is 45.0 Å². The van der Waals surface area contributed by atoms with Gasteiger partial charge in [0.15, 0.2) is 0 Å². The summed E-state index contributed by atoms with van der Waals surface area (Å²) in [5, 5.41) is 7.07. The number of ether oxygens (including phenoxy) is 2. The third-order valence-corrected chi connectivity index (χ3v) is 7.66. The number of sulfonamides is 1. The zero-order valence-corrected chi connectivity index (χ0v) is 18.6. The molecule has 8 nitrogen and oxygen atoms in total. The van der Waals surface area contributed by atoms with Crippen molar-refractivity contribution in [1.29, 1.82) is 0 Å². The second kappa shape index (κ2) is 8.96. The number of rotatable bonds is 6. The molecule has 2 aliphatic heterocycles. The highest BCUT2D eigenvalue weighted by atomic mass is 32.2. The molecule has 0 aromatic heterocycles. The molecule has 2 aromatic rings. The number of anilines is 1. The number of benzene rings is 2.